The molecule has 2 aromatic rings. The van der Waals surface area contributed by atoms with Crippen molar-refractivity contribution in [2.45, 2.75) is 30.1 Å². The van der Waals surface area contributed by atoms with Gasteiger partial charge in [0.1, 0.15) is 5.84 Å². The molecule has 1 saturated carbocycles. The van der Waals surface area contributed by atoms with E-state index in [1.165, 1.54) is 12.1 Å². The van der Waals surface area contributed by atoms with Crippen LogP contribution in [0.1, 0.15) is 30.7 Å². The molecule has 2 atom stereocenters. The summed E-state index contributed by atoms with van der Waals surface area (Å²) in [4.78, 5) is 14.5. The molecule has 2 aliphatic rings. The van der Waals surface area contributed by atoms with E-state index in [0.717, 1.165) is 29.4 Å². The third-order valence-corrected chi connectivity index (χ3v) is 7.25. The number of anilines is 1. The van der Waals surface area contributed by atoms with Crippen molar-refractivity contribution in [3.8, 4) is 0 Å². The number of carbonyl (C=O) groups excluding carboxylic acids is 1. The average molecular weight is 476 g/mol. The van der Waals surface area contributed by atoms with E-state index >= 15 is 0 Å². The number of halogens is 1. The van der Waals surface area contributed by atoms with Crippen molar-refractivity contribution in [1.82, 2.24) is 4.90 Å². The first-order valence-corrected chi connectivity index (χ1v) is 11.8. The molecule has 29 heavy (non-hydrogen) atoms. The van der Waals surface area contributed by atoms with Gasteiger partial charge in [-0.2, -0.15) is 8.42 Å². The van der Waals surface area contributed by atoms with Crippen molar-refractivity contribution in [1.29, 1.82) is 0 Å². The summed E-state index contributed by atoms with van der Waals surface area (Å²) in [7, 11) is -1.90. The predicted molar refractivity (Wildman–Crippen MR) is 117 cm³/mol. The molecule has 0 aromatic heterocycles. The van der Waals surface area contributed by atoms with Crippen LogP contribution in [0.25, 0.3) is 0 Å². The summed E-state index contributed by atoms with van der Waals surface area (Å²) in [5, 5.41) is 2.89. The van der Waals surface area contributed by atoms with E-state index in [1.54, 1.807) is 12.1 Å². The quantitative estimate of drug-likeness (QED) is 0.708. The molecule has 1 N–H and O–H groups in total. The lowest BCUT2D eigenvalue weighted by molar-refractivity contribution is -0.117. The maximum absolute atomic E-state index is 12.5. The highest BCUT2D eigenvalue weighted by Crippen LogP contribution is 2.48. The van der Waals surface area contributed by atoms with E-state index in [1.807, 2.05) is 36.2 Å². The molecule has 1 aliphatic heterocycles. The second kappa shape index (κ2) is 7.91. The Balaban J connectivity index is 1.40. The summed E-state index contributed by atoms with van der Waals surface area (Å²) >= 11 is 3.42. The van der Waals surface area contributed by atoms with Crippen molar-refractivity contribution in [3.63, 3.8) is 0 Å². The molecule has 0 bridgehead atoms. The number of nitrogens with zero attached hydrogens (tertiary/aromatic N) is 2. The highest BCUT2D eigenvalue weighted by atomic mass is 79.9. The number of amidine groups is 1. The van der Waals surface area contributed by atoms with E-state index in [0.29, 0.717) is 17.9 Å². The number of likely N-dealkylation sites (tertiary alicyclic amines) is 1. The number of sulfonamides is 1. The van der Waals surface area contributed by atoms with Crippen LogP contribution in [0.4, 0.5) is 5.69 Å². The lowest BCUT2D eigenvalue weighted by Crippen LogP contribution is -2.20. The van der Waals surface area contributed by atoms with Crippen molar-refractivity contribution in [2.24, 2.45) is 10.3 Å². The normalized spacial score (nSPS) is 22.7. The van der Waals surface area contributed by atoms with E-state index < -0.39 is 10.0 Å². The number of hydrogen-bond acceptors (Lipinski definition) is 3. The summed E-state index contributed by atoms with van der Waals surface area (Å²) in [6.07, 6.45) is 2.41. The van der Waals surface area contributed by atoms with Gasteiger partial charge in [-0.25, -0.2) is 0 Å². The number of carbonyl (C=O) groups is 1. The SMILES string of the molecule is CN1CCC/C1=N/S(=O)(=O)c1ccc(NC(=O)C2CC2c2ccc(Br)cc2)cc1. The predicted octanol–water partition coefficient (Wildman–Crippen LogP) is 4.00. The molecule has 2 aromatic carbocycles. The second-order valence-electron chi connectivity index (χ2n) is 7.52. The number of benzene rings is 2. The van der Waals surface area contributed by atoms with Gasteiger partial charge in [0.2, 0.25) is 5.91 Å². The van der Waals surface area contributed by atoms with Crippen molar-refractivity contribution >= 4 is 43.4 Å². The smallest absolute Gasteiger partial charge is 0.283 e. The van der Waals surface area contributed by atoms with Crippen molar-refractivity contribution in [3.05, 3.63) is 58.6 Å². The largest absolute Gasteiger partial charge is 0.362 e. The third kappa shape index (κ3) is 4.53. The Bertz CT molecular complexity index is 1050. The zero-order valence-corrected chi connectivity index (χ0v) is 18.4. The number of amides is 1. The van der Waals surface area contributed by atoms with Crippen LogP contribution in [0, 0.1) is 5.92 Å². The molecule has 1 saturated heterocycles. The Morgan fingerprint density at radius 3 is 2.45 bits per heavy atom. The first kappa shape index (κ1) is 20.1. The Labute approximate surface area is 179 Å². The van der Waals surface area contributed by atoms with E-state index in [4.69, 9.17) is 0 Å². The van der Waals surface area contributed by atoms with Gasteiger partial charge in [-0.1, -0.05) is 28.1 Å². The molecule has 6 nitrogen and oxygen atoms in total. The Kier molecular flexibility index (Phi) is 5.48. The minimum Gasteiger partial charge on any atom is -0.362 e. The van der Waals surface area contributed by atoms with E-state index in [2.05, 4.69) is 25.6 Å². The standard InChI is InChI=1S/C21H22BrN3O3S/c1-25-12-2-3-20(25)24-29(27,28)17-10-8-16(9-11-17)23-21(26)19-13-18(19)14-4-6-15(22)7-5-14/h4-11,18-19H,2-3,12-13H2,1H3,(H,23,26)/b24-20-. The Hall–Kier alpha value is -2.19. The number of rotatable bonds is 5. The summed E-state index contributed by atoms with van der Waals surface area (Å²) in [6.45, 7) is 0.821. The molecule has 0 radical (unpaired) electrons. The monoisotopic (exact) mass is 475 g/mol. The molecule has 1 amide bonds. The zero-order valence-electron chi connectivity index (χ0n) is 16.0. The fourth-order valence-corrected chi connectivity index (χ4v) is 4.97. The second-order valence-corrected chi connectivity index (χ2v) is 10.0. The van der Waals surface area contributed by atoms with Crippen molar-refractivity contribution in [2.75, 3.05) is 18.9 Å². The fraction of sp³-hybridized carbons (Fsp3) is 0.333. The third-order valence-electron chi connectivity index (χ3n) is 5.41. The summed E-state index contributed by atoms with van der Waals surface area (Å²) < 4.78 is 30.0. The molecular formula is C21H22BrN3O3S. The summed E-state index contributed by atoms with van der Waals surface area (Å²) in [5.74, 6) is 0.738. The minimum absolute atomic E-state index is 0.0404. The van der Waals surface area contributed by atoms with E-state index in [9.17, 15) is 13.2 Å². The van der Waals surface area contributed by atoms with Gasteiger partial charge in [0.15, 0.2) is 0 Å². The van der Waals surface area contributed by atoms with Gasteiger partial charge in [0.25, 0.3) is 10.0 Å². The molecule has 2 unspecified atom stereocenters. The molecule has 1 aliphatic carbocycles. The lowest BCUT2D eigenvalue weighted by atomic mass is 10.1. The van der Waals surface area contributed by atoms with Crippen LogP contribution >= 0.6 is 15.9 Å². The lowest BCUT2D eigenvalue weighted by Gasteiger charge is -2.11. The number of nitrogens with one attached hydrogen (secondary N) is 1. The topological polar surface area (TPSA) is 78.8 Å². The van der Waals surface area contributed by atoms with Gasteiger partial charge < -0.3 is 10.2 Å². The summed E-state index contributed by atoms with van der Waals surface area (Å²) in [6, 6.07) is 14.2. The average Bonchev–Trinajstić information content (AvgIpc) is 3.40. The molecule has 8 heteroatoms. The van der Waals surface area contributed by atoms with Crippen LogP contribution < -0.4 is 5.32 Å². The van der Waals surface area contributed by atoms with Gasteiger partial charge in [0, 0.05) is 36.1 Å². The van der Waals surface area contributed by atoms with Gasteiger partial charge in [-0.3, -0.25) is 4.79 Å². The van der Waals surface area contributed by atoms with Gasteiger partial charge in [0.05, 0.1) is 4.90 Å². The maximum atomic E-state index is 12.5. The molecular weight excluding hydrogens is 454 g/mol. The molecule has 2 fully saturated rings. The maximum Gasteiger partial charge on any atom is 0.283 e. The Morgan fingerprint density at radius 2 is 1.83 bits per heavy atom. The number of hydrogen-bond donors (Lipinski definition) is 1. The van der Waals surface area contributed by atoms with Gasteiger partial charge in [-0.15, -0.1) is 4.40 Å². The van der Waals surface area contributed by atoms with Crippen LogP contribution in [0.3, 0.4) is 0 Å². The molecule has 4 rings (SSSR count). The minimum atomic E-state index is -3.74. The molecule has 1 heterocycles. The Morgan fingerprint density at radius 1 is 1.14 bits per heavy atom. The van der Waals surface area contributed by atoms with Crippen LogP contribution in [-0.4, -0.2) is 38.7 Å². The molecule has 0 spiro atoms. The van der Waals surface area contributed by atoms with Gasteiger partial charge >= 0.3 is 0 Å². The van der Waals surface area contributed by atoms with E-state index in [-0.39, 0.29) is 22.6 Å². The van der Waals surface area contributed by atoms with Crippen LogP contribution in [0.15, 0.2) is 62.3 Å². The first-order chi connectivity index (χ1) is 13.8. The van der Waals surface area contributed by atoms with Gasteiger partial charge in [-0.05, 0) is 60.7 Å². The first-order valence-electron chi connectivity index (χ1n) is 9.55. The highest BCUT2D eigenvalue weighted by molar-refractivity contribution is 9.10. The van der Waals surface area contributed by atoms with Crippen LogP contribution in [-0.2, 0) is 14.8 Å². The highest BCUT2D eigenvalue weighted by Gasteiger charge is 2.43. The zero-order chi connectivity index (χ0) is 20.6. The van der Waals surface area contributed by atoms with Crippen molar-refractivity contribution < 1.29 is 13.2 Å². The fourth-order valence-electron chi connectivity index (χ4n) is 3.61. The molecule has 152 valence electrons. The van der Waals surface area contributed by atoms with Crippen LogP contribution in [0.5, 0.6) is 0 Å². The summed E-state index contributed by atoms with van der Waals surface area (Å²) in [5.41, 5.74) is 1.74. The van der Waals surface area contributed by atoms with Crippen LogP contribution in [0.2, 0.25) is 0 Å².